The van der Waals surface area contributed by atoms with Gasteiger partial charge < -0.3 is 14.1 Å². The van der Waals surface area contributed by atoms with E-state index in [1.165, 1.54) is 12.8 Å². The van der Waals surface area contributed by atoms with Gasteiger partial charge >= 0.3 is 5.97 Å². The zero-order valence-corrected chi connectivity index (χ0v) is 17.0. The molecule has 1 amide bonds. The van der Waals surface area contributed by atoms with Gasteiger partial charge in [0, 0.05) is 24.0 Å². The van der Waals surface area contributed by atoms with Crippen LogP contribution in [0, 0.1) is 25.2 Å². The SMILES string of the molecule is CCOC(=O)C1(CC2CC2)CCN(C(=O)c2oc3cc(C)ccc3c2C)CC1. The van der Waals surface area contributed by atoms with Crippen LogP contribution >= 0.6 is 0 Å². The molecule has 0 atom stereocenters. The van der Waals surface area contributed by atoms with E-state index in [0.29, 0.717) is 44.2 Å². The van der Waals surface area contributed by atoms with Crippen molar-refractivity contribution in [1.29, 1.82) is 0 Å². The maximum atomic E-state index is 13.1. The minimum Gasteiger partial charge on any atom is -0.466 e. The summed E-state index contributed by atoms with van der Waals surface area (Å²) in [7, 11) is 0. The maximum absolute atomic E-state index is 13.1. The van der Waals surface area contributed by atoms with Crippen molar-refractivity contribution < 1.29 is 18.7 Å². The van der Waals surface area contributed by atoms with Gasteiger partial charge in [0.25, 0.3) is 5.91 Å². The number of fused-ring (bicyclic) bond motifs is 1. The molecule has 0 unspecified atom stereocenters. The number of hydrogen-bond donors (Lipinski definition) is 0. The monoisotopic (exact) mass is 383 g/mol. The summed E-state index contributed by atoms with van der Waals surface area (Å²) in [5.41, 5.74) is 2.33. The summed E-state index contributed by atoms with van der Waals surface area (Å²) in [4.78, 5) is 27.7. The Morgan fingerprint density at radius 2 is 1.93 bits per heavy atom. The first-order chi connectivity index (χ1) is 13.4. The maximum Gasteiger partial charge on any atom is 0.312 e. The summed E-state index contributed by atoms with van der Waals surface area (Å²) in [5, 5.41) is 0.987. The highest BCUT2D eigenvalue weighted by atomic mass is 16.5. The van der Waals surface area contributed by atoms with Crippen LogP contribution in [0.3, 0.4) is 0 Å². The fourth-order valence-electron chi connectivity index (χ4n) is 4.47. The van der Waals surface area contributed by atoms with Gasteiger partial charge in [-0.2, -0.15) is 0 Å². The zero-order chi connectivity index (χ0) is 19.9. The quantitative estimate of drug-likeness (QED) is 0.706. The topological polar surface area (TPSA) is 59.8 Å². The first-order valence-electron chi connectivity index (χ1n) is 10.4. The normalized spacial score (nSPS) is 19.0. The highest BCUT2D eigenvalue weighted by Gasteiger charge is 2.47. The molecule has 2 aromatic rings. The number of likely N-dealkylation sites (tertiary alicyclic amines) is 1. The molecule has 150 valence electrons. The van der Waals surface area contributed by atoms with E-state index in [-0.39, 0.29) is 11.9 Å². The summed E-state index contributed by atoms with van der Waals surface area (Å²) in [6, 6.07) is 6.01. The molecule has 1 saturated carbocycles. The first kappa shape index (κ1) is 19.0. The van der Waals surface area contributed by atoms with Gasteiger partial charge in [0.15, 0.2) is 5.76 Å². The van der Waals surface area contributed by atoms with E-state index in [2.05, 4.69) is 0 Å². The van der Waals surface area contributed by atoms with Crippen LogP contribution in [-0.4, -0.2) is 36.5 Å². The number of benzene rings is 1. The Kier molecular flexibility index (Phi) is 4.94. The van der Waals surface area contributed by atoms with Crippen molar-refractivity contribution in [2.24, 2.45) is 11.3 Å². The number of nitrogens with zero attached hydrogens (tertiary/aromatic N) is 1. The lowest BCUT2D eigenvalue weighted by Crippen LogP contribution is -2.47. The molecule has 28 heavy (non-hydrogen) atoms. The predicted molar refractivity (Wildman–Crippen MR) is 107 cm³/mol. The minimum absolute atomic E-state index is 0.0739. The first-order valence-corrected chi connectivity index (χ1v) is 10.4. The summed E-state index contributed by atoms with van der Waals surface area (Å²) >= 11 is 0. The summed E-state index contributed by atoms with van der Waals surface area (Å²) < 4.78 is 11.3. The van der Waals surface area contributed by atoms with Gasteiger partial charge in [0.2, 0.25) is 0 Å². The summed E-state index contributed by atoms with van der Waals surface area (Å²) in [6.45, 7) is 7.35. The van der Waals surface area contributed by atoms with Crippen molar-refractivity contribution in [3.63, 3.8) is 0 Å². The number of carbonyl (C=O) groups excluding carboxylic acids is 2. The Labute approximate surface area is 166 Å². The average molecular weight is 383 g/mol. The van der Waals surface area contributed by atoms with Crippen molar-refractivity contribution in [3.05, 3.63) is 35.1 Å². The van der Waals surface area contributed by atoms with Crippen LogP contribution in [-0.2, 0) is 9.53 Å². The number of piperidine rings is 1. The van der Waals surface area contributed by atoms with E-state index in [1.54, 1.807) is 0 Å². The van der Waals surface area contributed by atoms with Crippen molar-refractivity contribution in [2.75, 3.05) is 19.7 Å². The molecule has 1 saturated heterocycles. The van der Waals surface area contributed by atoms with Crippen LogP contribution in [0.2, 0.25) is 0 Å². The molecule has 2 aliphatic rings. The molecule has 0 spiro atoms. The molecule has 0 N–H and O–H groups in total. The molecule has 1 aromatic heterocycles. The standard InChI is InChI=1S/C23H29NO4/c1-4-27-22(26)23(14-17-6-7-17)9-11-24(12-10-23)21(25)20-16(3)18-8-5-15(2)13-19(18)28-20/h5,8,13,17H,4,6-7,9-12,14H2,1-3H3. The van der Waals surface area contributed by atoms with Gasteiger partial charge in [-0.25, -0.2) is 0 Å². The van der Waals surface area contributed by atoms with E-state index in [9.17, 15) is 9.59 Å². The van der Waals surface area contributed by atoms with Crippen LogP contribution < -0.4 is 0 Å². The Hall–Kier alpha value is -2.30. The molecule has 4 rings (SSSR count). The number of rotatable bonds is 5. The minimum atomic E-state index is -0.423. The van der Waals surface area contributed by atoms with E-state index < -0.39 is 5.41 Å². The molecular weight excluding hydrogens is 354 g/mol. The van der Waals surface area contributed by atoms with Gasteiger partial charge in [-0.05, 0) is 57.6 Å². The fourth-order valence-corrected chi connectivity index (χ4v) is 4.47. The van der Waals surface area contributed by atoms with E-state index in [4.69, 9.17) is 9.15 Å². The Morgan fingerprint density at radius 1 is 1.21 bits per heavy atom. The van der Waals surface area contributed by atoms with Gasteiger partial charge in [0.05, 0.1) is 12.0 Å². The van der Waals surface area contributed by atoms with Crippen molar-refractivity contribution in [1.82, 2.24) is 4.90 Å². The molecule has 2 heterocycles. The molecule has 5 heteroatoms. The Balaban J connectivity index is 1.51. The Bertz CT molecular complexity index is 901. The van der Waals surface area contributed by atoms with E-state index in [1.807, 2.05) is 43.9 Å². The summed E-state index contributed by atoms with van der Waals surface area (Å²) in [5.74, 6) is 0.915. The lowest BCUT2D eigenvalue weighted by molar-refractivity contribution is -0.159. The molecule has 1 aliphatic heterocycles. The number of ether oxygens (including phenoxy) is 1. The van der Waals surface area contributed by atoms with Crippen LogP contribution in [0.15, 0.2) is 22.6 Å². The number of esters is 1. The molecule has 0 bridgehead atoms. The highest BCUT2D eigenvalue weighted by molar-refractivity contribution is 5.99. The second kappa shape index (κ2) is 7.26. The third kappa shape index (κ3) is 3.43. The van der Waals surface area contributed by atoms with E-state index in [0.717, 1.165) is 28.5 Å². The summed E-state index contributed by atoms with van der Waals surface area (Å²) in [6.07, 6.45) is 4.67. The number of furan rings is 1. The molecule has 1 aliphatic carbocycles. The van der Waals surface area contributed by atoms with Crippen molar-refractivity contribution >= 4 is 22.8 Å². The van der Waals surface area contributed by atoms with Crippen LogP contribution in [0.25, 0.3) is 11.0 Å². The van der Waals surface area contributed by atoms with Crippen LogP contribution in [0.5, 0.6) is 0 Å². The van der Waals surface area contributed by atoms with Crippen molar-refractivity contribution in [2.45, 2.75) is 52.9 Å². The number of aryl methyl sites for hydroxylation is 2. The average Bonchev–Trinajstić information content (AvgIpc) is 3.43. The zero-order valence-electron chi connectivity index (χ0n) is 17.0. The molecular formula is C23H29NO4. The fraction of sp³-hybridized carbons (Fsp3) is 0.565. The number of carbonyl (C=O) groups is 2. The molecule has 2 fully saturated rings. The molecule has 5 nitrogen and oxygen atoms in total. The number of hydrogen-bond acceptors (Lipinski definition) is 4. The number of amides is 1. The van der Waals surface area contributed by atoms with Gasteiger partial charge in [-0.3, -0.25) is 9.59 Å². The Morgan fingerprint density at radius 3 is 2.57 bits per heavy atom. The van der Waals surface area contributed by atoms with Gasteiger partial charge in [0.1, 0.15) is 5.58 Å². The van der Waals surface area contributed by atoms with Crippen molar-refractivity contribution in [3.8, 4) is 0 Å². The molecule has 1 aromatic carbocycles. The third-order valence-corrected chi connectivity index (χ3v) is 6.38. The highest BCUT2D eigenvalue weighted by Crippen LogP contribution is 2.46. The second-order valence-electron chi connectivity index (χ2n) is 8.50. The lowest BCUT2D eigenvalue weighted by atomic mass is 9.74. The molecule has 0 radical (unpaired) electrons. The van der Waals surface area contributed by atoms with Gasteiger partial charge in [-0.15, -0.1) is 0 Å². The third-order valence-electron chi connectivity index (χ3n) is 6.38. The second-order valence-corrected chi connectivity index (χ2v) is 8.50. The van der Waals surface area contributed by atoms with E-state index >= 15 is 0 Å². The largest absolute Gasteiger partial charge is 0.466 e. The van der Waals surface area contributed by atoms with Crippen LogP contribution in [0.4, 0.5) is 0 Å². The smallest absolute Gasteiger partial charge is 0.312 e. The predicted octanol–water partition coefficient (Wildman–Crippen LogP) is 4.64. The van der Waals surface area contributed by atoms with Crippen LogP contribution in [0.1, 0.15) is 60.7 Å². The van der Waals surface area contributed by atoms with Gasteiger partial charge in [-0.1, -0.05) is 25.0 Å². The lowest BCUT2D eigenvalue weighted by Gasteiger charge is -2.40.